The molecule has 0 atom stereocenters. The first-order valence-corrected chi connectivity index (χ1v) is 9.76. The van der Waals surface area contributed by atoms with Crippen LogP contribution in [0.5, 0.6) is 11.5 Å². The van der Waals surface area contributed by atoms with Gasteiger partial charge in [0.1, 0.15) is 5.82 Å². The molecule has 4 rings (SSSR count). The van der Waals surface area contributed by atoms with Crippen LogP contribution in [0, 0.1) is 5.82 Å². The van der Waals surface area contributed by atoms with Crippen molar-refractivity contribution in [1.82, 2.24) is 4.98 Å². The summed E-state index contributed by atoms with van der Waals surface area (Å²) in [6.07, 6.45) is 0. The highest BCUT2D eigenvalue weighted by molar-refractivity contribution is 6.34. The molecule has 1 amide bonds. The van der Waals surface area contributed by atoms with Gasteiger partial charge in [-0.25, -0.2) is 9.37 Å². The number of para-hydroxylation sites is 1. The molecular formula is C24H18ClFN2O3. The number of fused-ring (bicyclic) bond motifs is 1. The molecule has 0 fully saturated rings. The average molecular weight is 437 g/mol. The first kappa shape index (κ1) is 20.6. The van der Waals surface area contributed by atoms with Crippen molar-refractivity contribution in [3.8, 4) is 22.8 Å². The number of nitrogens with one attached hydrogen (secondary N) is 1. The molecule has 0 saturated carbocycles. The molecule has 0 radical (unpaired) electrons. The lowest BCUT2D eigenvalue weighted by Crippen LogP contribution is -2.13. The van der Waals surface area contributed by atoms with Crippen LogP contribution >= 0.6 is 11.6 Å². The molecule has 0 unspecified atom stereocenters. The highest BCUT2D eigenvalue weighted by Gasteiger charge is 2.16. The van der Waals surface area contributed by atoms with Crippen LogP contribution in [0.25, 0.3) is 22.2 Å². The molecule has 0 aliphatic heterocycles. The van der Waals surface area contributed by atoms with Gasteiger partial charge in [-0.3, -0.25) is 4.79 Å². The van der Waals surface area contributed by atoms with Crippen LogP contribution < -0.4 is 14.8 Å². The van der Waals surface area contributed by atoms with E-state index in [1.807, 2.05) is 30.3 Å². The van der Waals surface area contributed by atoms with Crippen LogP contribution in [0.1, 0.15) is 10.4 Å². The predicted molar refractivity (Wildman–Crippen MR) is 120 cm³/mol. The maximum atomic E-state index is 13.3. The van der Waals surface area contributed by atoms with Crippen molar-refractivity contribution in [2.24, 2.45) is 0 Å². The summed E-state index contributed by atoms with van der Waals surface area (Å²) in [5, 5.41) is 3.56. The van der Waals surface area contributed by atoms with Gasteiger partial charge < -0.3 is 14.8 Å². The van der Waals surface area contributed by atoms with Gasteiger partial charge in [-0.1, -0.05) is 29.8 Å². The Kier molecular flexibility index (Phi) is 5.73. The third-order valence-corrected chi connectivity index (χ3v) is 5.13. The number of nitrogens with zero attached hydrogens (tertiary/aromatic N) is 1. The molecule has 1 heterocycles. The summed E-state index contributed by atoms with van der Waals surface area (Å²) in [5.41, 5.74) is 2.75. The van der Waals surface area contributed by atoms with Crippen LogP contribution in [0.4, 0.5) is 10.1 Å². The topological polar surface area (TPSA) is 60.5 Å². The number of carbonyl (C=O) groups is 1. The molecule has 156 valence electrons. The van der Waals surface area contributed by atoms with Gasteiger partial charge in [-0.15, -0.1) is 0 Å². The molecule has 7 heteroatoms. The Morgan fingerprint density at radius 2 is 1.74 bits per heavy atom. The second-order valence-corrected chi connectivity index (χ2v) is 7.13. The van der Waals surface area contributed by atoms with E-state index in [2.05, 4.69) is 5.32 Å². The van der Waals surface area contributed by atoms with Crippen molar-refractivity contribution < 1.29 is 18.7 Å². The molecule has 31 heavy (non-hydrogen) atoms. The fourth-order valence-corrected chi connectivity index (χ4v) is 3.50. The Balaban J connectivity index is 1.81. The molecule has 0 bridgehead atoms. The fraction of sp³-hybridized carbons (Fsp3) is 0.0833. The minimum atomic E-state index is -0.479. The molecular weight excluding hydrogens is 419 g/mol. The number of pyridine rings is 1. The zero-order valence-corrected chi connectivity index (χ0v) is 17.5. The largest absolute Gasteiger partial charge is 0.493 e. The molecule has 0 aliphatic rings. The zero-order valence-electron chi connectivity index (χ0n) is 16.8. The fourth-order valence-electron chi connectivity index (χ4n) is 3.29. The van der Waals surface area contributed by atoms with E-state index >= 15 is 0 Å². The van der Waals surface area contributed by atoms with E-state index < -0.39 is 5.82 Å². The van der Waals surface area contributed by atoms with Gasteiger partial charge in [-0.05, 0) is 48.5 Å². The van der Waals surface area contributed by atoms with E-state index in [1.165, 1.54) is 12.1 Å². The summed E-state index contributed by atoms with van der Waals surface area (Å²) in [6.45, 7) is 0. The Labute approximate surface area is 183 Å². The molecule has 1 N–H and O–H groups in total. The van der Waals surface area contributed by atoms with Gasteiger partial charge in [0.15, 0.2) is 11.5 Å². The quantitative estimate of drug-likeness (QED) is 0.419. The number of hydrogen-bond acceptors (Lipinski definition) is 4. The van der Waals surface area contributed by atoms with Crippen molar-refractivity contribution in [3.05, 3.63) is 83.1 Å². The molecule has 4 aromatic rings. The lowest BCUT2D eigenvalue weighted by molar-refractivity contribution is 0.102. The van der Waals surface area contributed by atoms with Crippen LogP contribution in [-0.4, -0.2) is 25.1 Å². The number of benzene rings is 3. The molecule has 0 saturated heterocycles. The number of carbonyl (C=O) groups excluding carboxylic acids is 1. The molecule has 3 aromatic carbocycles. The standard InChI is InChI=1S/C24H18ClFN2O3/c1-30-22-10-7-14(11-23(22)31-2)21-13-17(16-5-3-4-6-19(16)27-21)24(29)28-20-9-8-15(26)12-18(20)25/h3-13H,1-2H3,(H,28,29). The van der Waals surface area contributed by atoms with Crippen molar-refractivity contribution in [2.45, 2.75) is 0 Å². The molecule has 5 nitrogen and oxygen atoms in total. The Morgan fingerprint density at radius 3 is 2.48 bits per heavy atom. The number of ether oxygens (including phenoxy) is 2. The normalized spacial score (nSPS) is 10.7. The third-order valence-electron chi connectivity index (χ3n) is 4.82. The third kappa shape index (κ3) is 4.15. The van der Waals surface area contributed by atoms with Crippen LogP contribution in [0.2, 0.25) is 5.02 Å². The van der Waals surface area contributed by atoms with Crippen molar-refractivity contribution >= 4 is 34.1 Å². The molecule has 0 spiro atoms. The molecule has 0 aliphatic carbocycles. The van der Waals surface area contributed by atoms with E-state index in [4.69, 9.17) is 26.1 Å². The number of hydrogen-bond donors (Lipinski definition) is 1. The number of anilines is 1. The number of methoxy groups -OCH3 is 2. The van der Waals surface area contributed by atoms with Crippen LogP contribution in [0.3, 0.4) is 0 Å². The van der Waals surface area contributed by atoms with Crippen molar-refractivity contribution in [3.63, 3.8) is 0 Å². The number of aromatic nitrogens is 1. The zero-order chi connectivity index (χ0) is 22.0. The summed E-state index contributed by atoms with van der Waals surface area (Å²) >= 11 is 6.08. The Morgan fingerprint density at radius 1 is 0.968 bits per heavy atom. The summed E-state index contributed by atoms with van der Waals surface area (Å²) in [6, 6.07) is 18.3. The molecule has 1 aromatic heterocycles. The smallest absolute Gasteiger partial charge is 0.256 e. The number of amides is 1. The number of rotatable bonds is 5. The monoisotopic (exact) mass is 436 g/mol. The minimum absolute atomic E-state index is 0.117. The maximum Gasteiger partial charge on any atom is 0.256 e. The van der Waals surface area contributed by atoms with Gasteiger partial charge in [0.25, 0.3) is 5.91 Å². The van der Waals surface area contributed by atoms with E-state index in [1.54, 1.807) is 32.4 Å². The van der Waals surface area contributed by atoms with E-state index in [-0.39, 0.29) is 10.9 Å². The Bertz CT molecular complexity index is 1290. The lowest BCUT2D eigenvalue weighted by atomic mass is 10.0. The summed E-state index contributed by atoms with van der Waals surface area (Å²) in [5.74, 6) is 0.289. The van der Waals surface area contributed by atoms with Crippen LogP contribution in [-0.2, 0) is 0 Å². The highest BCUT2D eigenvalue weighted by atomic mass is 35.5. The predicted octanol–water partition coefficient (Wildman–Crippen LogP) is 5.96. The minimum Gasteiger partial charge on any atom is -0.493 e. The van der Waals surface area contributed by atoms with E-state index in [0.29, 0.717) is 39.3 Å². The van der Waals surface area contributed by atoms with Gasteiger partial charge in [0, 0.05) is 10.9 Å². The first-order chi connectivity index (χ1) is 15.0. The second kappa shape index (κ2) is 8.62. The van der Waals surface area contributed by atoms with Gasteiger partial charge in [0.05, 0.1) is 41.7 Å². The maximum absolute atomic E-state index is 13.3. The first-order valence-electron chi connectivity index (χ1n) is 9.38. The lowest BCUT2D eigenvalue weighted by Gasteiger charge is -2.13. The highest BCUT2D eigenvalue weighted by Crippen LogP contribution is 2.33. The Hall–Kier alpha value is -3.64. The van der Waals surface area contributed by atoms with Gasteiger partial charge >= 0.3 is 0 Å². The SMILES string of the molecule is COc1ccc(-c2cc(C(=O)Nc3ccc(F)cc3Cl)c3ccccc3n2)cc1OC. The summed E-state index contributed by atoms with van der Waals surface area (Å²) < 4.78 is 24.0. The second-order valence-electron chi connectivity index (χ2n) is 6.72. The van der Waals surface area contributed by atoms with Crippen LogP contribution in [0.15, 0.2) is 66.7 Å². The van der Waals surface area contributed by atoms with E-state index in [9.17, 15) is 9.18 Å². The van der Waals surface area contributed by atoms with Gasteiger partial charge in [-0.2, -0.15) is 0 Å². The van der Waals surface area contributed by atoms with Gasteiger partial charge in [0.2, 0.25) is 0 Å². The van der Waals surface area contributed by atoms with Crippen molar-refractivity contribution in [1.29, 1.82) is 0 Å². The average Bonchev–Trinajstić information content (AvgIpc) is 2.79. The number of halogens is 2. The van der Waals surface area contributed by atoms with E-state index in [0.717, 1.165) is 11.6 Å². The summed E-state index contributed by atoms with van der Waals surface area (Å²) in [4.78, 5) is 17.8. The summed E-state index contributed by atoms with van der Waals surface area (Å²) in [7, 11) is 3.12. The van der Waals surface area contributed by atoms with Crippen molar-refractivity contribution in [2.75, 3.05) is 19.5 Å².